The molecule has 0 spiro atoms. The fourth-order valence-electron chi connectivity index (χ4n) is 4.41. The van der Waals surface area contributed by atoms with E-state index in [0.717, 1.165) is 12.2 Å². The molecule has 22 heavy (non-hydrogen) atoms. The van der Waals surface area contributed by atoms with Crippen LogP contribution in [0.5, 0.6) is 5.75 Å². The highest BCUT2D eigenvalue weighted by molar-refractivity contribution is 6.24. The van der Waals surface area contributed by atoms with Crippen molar-refractivity contribution in [3.63, 3.8) is 0 Å². The third-order valence-corrected chi connectivity index (χ3v) is 5.52. The van der Waals surface area contributed by atoms with Crippen molar-refractivity contribution in [2.75, 3.05) is 11.5 Å². The highest BCUT2D eigenvalue weighted by Crippen LogP contribution is 2.60. The number of carbonyl (C=O) groups excluding carboxylic acids is 2. The van der Waals surface area contributed by atoms with Gasteiger partial charge in [0.1, 0.15) is 5.75 Å². The van der Waals surface area contributed by atoms with E-state index in [2.05, 4.69) is 12.2 Å². The number of anilines is 1. The molecule has 3 aliphatic rings. The number of ether oxygens (including phenoxy) is 1. The molecule has 4 unspecified atom stereocenters. The van der Waals surface area contributed by atoms with Crippen molar-refractivity contribution in [2.45, 2.75) is 20.3 Å². The lowest BCUT2D eigenvalue weighted by Gasteiger charge is -2.28. The van der Waals surface area contributed by atoms with Gasteiger partial charge in [-0.05, 0) is 56.4 Å². The first-order valence-corrected chi connectivity index (χ1v) is 7.87. The maximum absolute atomic E-state index is 13.0. The minimum atomic E-state index is -0.560. The number of fused-ring (bicyclic) bond motifs is 5. The van der Waals surface area contributed by atoms with Crippen LogP contribution in [-0.4, -0.2) is 18.4 Å². The highest BCUT2D eigenvalue weighted by Gasteiger charge is 2.67. The van der Waals surface area contributed by atoms with Crippen molar-refractivity contribution < 1.29 is 14.3 Å². The number of imide groups is 1. The van der Waals surface area contributed by atoms with Gasteiger partial charge in [-0.3, -0.25) is 9.59 Å². The van der Waals surface area contributed by atoms with E-state index in [0.29, 0.717) is 12.3 Å². The number of hydrogen-bond donors (Lipinski definition) is 0. The molecular formula is C18H19NO3. The zero-order valence-corrected chi connectivity index (χ0v) is 12.8. The molecule has 1 aliphatic heterocycles. The van der Waals surface area contributed by atoms with Crippen molar-refractivity contribution in [1.82, 2.24) is 0 Å². The minimum Gasteiger partial charge on any atom is -0.494 e. The second kappa shape index (κ2) is 4.45. The summed E-state index contributed by atoms with van der Waals surface area (Å²) >= 11 is 0. The predicted molar refractivity (Wildman–Crippen MR) is 82.4 cm³/mol. The standard InChI is InChI=1S/C18H19NO3/c1-3-22-14-8-6-13(7-9-14)19-16(20)15-11-4-5-12(10-11)18(15,2)17(19)21/h4-9,11-12,15H,3,10H2,1-2H3. The topological polar surface area (TPSA) is 46.6 Å². The van der Waals surface area contributed by atoms with Crippen LogP contribution < -0.4 is 9.64 Å². The van der Waals surface area contributed by atoms with E-state index in [-0.39, 0.29) is 29.6 Å². The van der Waals surface area contributed by atoms with Crippen LogP contribution in [0.15, 0.2) is 36.4 Å². The Labute approximate surface area is 129 Å². The van der Waals surface area contributed by atoms with Crippen molar-refractivity contribution in [1.29, 1.82) is 0 Å². The molecule has 4 rings (SSSR count). The van der Waals surface area contributed by atoms with Crippen LogP contribution in [0.2, 0.25) is 0 Å². The van der Waals surface area contributed by atoms with Gasteiger partial charge in [-0.1, -0.05) is 12.2 Å². The Morgan fingerprint density at radius 3 is 2.59 bits per heavy atom. The summed E-state index contributed by atoms with van der Waals surface area (Å²) in [5, 5.41) is 0. The Bertz CT molecular complexity index is 678. The summed E-state index contributed by atoms with van der Waals surface area (Å²) < 4.78 is 5.42. The van der Waals surface area contributed by atoms with Crippen molar-refractivity contribution in [3.05, 3.63) is 36.4 Å². The van der Waals surface area contributed by atoms with Gasteiger partial charge in [0, 0.05) is 0 Å². The molecule has 4 atom stereocenters. The Balaban J connectivity index is 1.70. The van der Waals surface area contributed by atoms with E-state index in [1.165, 1.54) is 4.90 Å². The zero-order chi connectivity index (χ0) is 15.5. The fourth-order valence-corrected chi connectivity index (χ4v) is 4.41. The number of carbonyl (C=O) groups is 2. The summed E-state index contributed by atoms with van der Waals surface area (Å²) in [5.74, 6) is 0.878. The summed E-state index contributed by atoms with van der Waals surface area (Å²) in [7, 11) is 0. The van der Waals surface area contributed by atoms with E-state index >= 15 is 0 Å². The quantitative estimate of drug-likeness (QED) is 0.636. The number of hydrogen-bond acceptors (Lipinski definition) is 3. The smallest absolute Gasteiger partial charge is 0.241 e. The molecule has 2 fully saturated rings. The third-order valence-electron chi connectivity index (χ3n) is 5.52. The van der Waals surface area contributed by atoms with E-state index in [9.17, 15) is 9.59 Å². The fraction of sp³-hybridized carbons (Fsp3) is 0.444. The summed E-state index contributed by atoms with van der Waals surface area (Å²) in [6.07, 6.45) is 5.17. The first-order chi connectivity index (χ1) is 10.6. The van der Waals surface area contributed by atoms with Crippen molar-refractivity contribution in [3.8, 4) is 5.75 Å². The Morgan fingerprint density at radius 2 is 1.95 bits per heavy atom. The molecule has 4 heteroatoms. The molecule has 2 aliphatic carbocycles. The molecule has 1 saturated carbocycles. The largest absolute Gasteiger partial charge is 0.494 e. The molecule has 1 aromatic carbocycles. The number of amides is 2. The predicted octanol–water partition coefficient (Wildman–Crippen LogP) is 2.79. The molecule has 2 amide bonds. The molecule has 114 valence electrons. The maximum atomic E-state index is 13.0. The van der Waals surface area contributed by atoms with E-state index in [1.54, 1.807) is 12.1 Å². The van der Waals surface area contributed by atoms with Crippen LogP contribution in [0, 0.1) is 23.2 Å². The molecule has 1 saturated heterocycles. The summed E-state index contributed by atoms with van der Waals surface area (Å²) in [6.45, 7) is 4.48. The lowest BCUT2D eigenvalue weighted by molar-refractivity contribution is -0.127. The first-order valence-electron chi connectivity index (χ1n) is 7.87. The summed E-state index contributed by atoms with van der Waals surface area (Å²) in [4.78, 5) is 27.2. The van der Waals surface area contributed by atoms with Crippen molar-refractivity contribution in [2.24, 2.45) is 23.2 Å². The second-order valence-corrected chi connectivity index (χ2v) is 6.56. The SMILES string of the molecule is CCOc1ccc(N2C(=O)C3C4C=CC(C4)C3(C)C2=O)cc1. The highest BCUT2D eigenvalue weighted by atomic mass is 16.5. The van der Waals surface area contributed by atoms with Gasteiger partial charge in [0.2, 0.25) is 11.8 Å². The van der Waals surface area contributed by atoms with E-state index in [4.69, 9.17) is 4.74 Å². The van der Waals surface area contributed by atoms with E-state index < -0.39 is 5.41 Å². The first kappa shape index (κ1) is 13.6. The number of allylic oxidation sites excluding steroid dienone is 2. The van der Waals surface area contributed by atoms with Crippen LogP contribution in [0.1, 0.15) is 20.3 Å². The molecular weight excluding hydrogens is 278 g/mol. The van der Waals surface area contributed by atoms with Crippen LogP contribution in [-0.2, 0) is 9.59 Å². The van der Waals surface area contributed by atoms with Gasteiger partial charge >= 0.3 is 0 Å². The molecule has 2 bridgehead atoms. The zero-order valence-electron chi connectivity index (χ0n) is 12.8. The number of rotatable bonds is 3. The van der Waals surface area contributed by atoms with Gasteiger partial charge < -0.3 is 4.74 Å². The number of nitrogens with zero attached hydrogens (tertiary/aromatic N) is 1. The molecule has 0 radical (unpaired) electrons. The van der Waals surface area contributed by atoms with Gasteiger partial charge in [-0.15, -0.1) is 0 Å². The number of benzene rings is 1. The van der Waals surface area contributed by atoms with E-state index in [1.807, 2.05) is 26.0 Å². The summed E-state index contributed by atoms with van der Waals surface area (Å²) in [6, 6.07) is 7.20. The maximum Gasteiger partial charge on any atom is 0.241 e. The Hall–Kier alpha value is -2.10. The average Bonchev–Trinajstić information content (AvgIpc) is 3.14. The van der Waals surface area contributed by atoms with Crippen LogP contribution in [0.25, 0.3) is 0 Å². The lowest BCUT2D eigenvalue weighted by atomic mass is 9.71. The molecule has 1 heterocycles. The minimum absolute atomic E-state index is 0.0477. The van der Waals surface area contributed by atoms with Gasteiger partial charge in [0.15, 0.2) is 0 Å². The summed E-state index contributed by atoms with van der Waals surface area (Å²) in [5.41, 5.74) is 0.0863. The molecule has 1 aromatic rings. The molecule has 0 N–H and O–H groups in total. The Kier molecular flexibility index (Phi) is 2.74. The monoisotopic (exact) mass is 297 g/mol. The van der Waals surface area contributed by atoms with Gasteiger partial charge in [0.25, 0.3) is 0 Å². The van der Waals surface area contributed by atoms with Gasteiger partial charge in [-0.25, -0.2) is 4.90 Å². The van der Waals surface area contributed by atoms with Gasteiger partial charge in [0.05, 0.1) is 23.6 Å². The normalized spacial score (nSPS) is 35.4. The van der Waals surface area contributed by atoms with Gasteiger partial charge in [-0.2, -0.15) is 0 Å². The Morgan fingerprint density at radius 1 is 1.23 bits per heavy atom. The molecule has 0 aromatic heterocycles. The third kappa shape index (κ3) is 1.52. The lowest BCUT2D eigenvalue weighted by Crippen LogP contribution is -2.37. The second-order valence-electron chi connectivity index (χ2n) is 6.56. The average molecular weight is 297 g/mol. The van der Waals surface area contributed by atoms with Crippen LogP contribution in [0.3, 0.4) is 0 Å². The van der Waals surface area contributed by atoms with Crippen LogP contribution in [0.4, 0.5) is 5.69 Å². The van der Waals surface area contributed by atoms with Crippen LogP contribution >= 0.6 is 0 Å². The molecule has 4 nitrogen and oxygen atoms in total. The van der Waals surface area contributed by atoms with Crippen molar-refractivity contribution >= 4 is 17.5 Å².